The summed E-state index contributed by atoms with van der Waals surface area (Å²) in [6.07, 6.45) is 0.834. The van der Waals surface area contributed by atoms with Gasteiger partial charge in [0.1, 0.15) is 5.75 Å². The Bertz CT molecular complexity index is 1000. The number of carboxylic acid groups (broad SMARTS) is 1. The van der Waals surface area contributed by atoms with Crippen molar-refractivity contribution in [3.63, 3.8) is 0 Å². The van der Waals surface area contributed by atoms with Gasteiger partial charge in [0, 0.05) is 37.6 Å². The number of amides is 2. The zero-order valence-electron chi connectivity index (χ0n) is 20.6. The molecule has 10 nitrogen and oxygen atoms in total. The van der Waals surface area contributed by atoms with Gasteiger partial charge in [0.05, 0.1) is 17.8 Å². The second kappa shape index (κ2) is 11.9. The summed E-state index contributed by atoms with van der Waals surface area (Å²) in [5.74, 6) is 0.681. The molecule has 190 valence electrons. The van der Waals surface area contributed by atoms with Crippen LogP contribution in [0.5, 0.6) is 5.75 Å². The normalized spacial score (nSPS) is 16.5. The van der Waals surface area contributed by atoms with E-state index in [0.29, 0.717) is 17.2 Å². The van der Waals surface area contributed by atoms with Crippen molar-refractivity contribution in [2.45, 2.75) is 45.7 Å². The van der Waals surface area contributed by atoms with Gasteiger partial charge < -0.3 is 30.5 Å². The maximum absolute atomic E-state index is 12.8. The molecule has 0 aliphatic carbocycles. The second-order valence-corrected chi connectivity index (χ2v) is 9.14. The minimum absolute atomic E-state index is 0.122. The van der Waals surface area contributed by atoms with E-state index in [1.54, 1.807) is 36.7 Å². The number of nitrogens with zero attached hydrogens (tertiary/aromatic N) is 3. The van der Waals surface area contributed by atoms with E-state index in [9.17, 15) is 14.7 Å². The number of ether oxygens (including phenoxy) is 1. The van der Waals surface area contributed by atoms with Crippen LogP contribution in [0.2, 0.25) is 0 Å². The van der Waals surface area contributed by atoms with Crippen LogP contribution < -0.4 is 20.3 Å². The molecule has 0 saturated heterocycles. The van der Waals surface area contributed by atoms with E-state index in [1.165, 1.54) is 0 Å². The fourth-order valence-electron chi connectivity index (χ4n) is 4.01. The Balaban J connectivity index is 1.67. The van der Waals surface area contributed by atoms with Crippen LogP contribution in [0.4, 0.5) is 10.5 Å². The van der Waals surface area contributed by atoms with Crippen LogP contribution in [0.1, 0.15) is 36.7 Å². The number of carbonyl (C=O) groups excluding carboxylic acids is 1. The van der Waals surface area contributed by atoms with Crippen LogP contribution in [0.3, 0.4) is 0 Å². The van der Waals surface area contributed by atoms with E-state index in [2.05, 4.69) is 46.2 Å². The molecule has 4 N–H and O–H groups in total. The number of aliphatic hydroxyl groups excluding tert-OH is 1. The number of benzene rings is 1. The molecule has 1 aromatic heterocycles. The fraction of sp³-hybridized carbons (Fsp3) is 0.480. The number of aromatic nitrogens is 1. The first-order valence-corrected chi connectivity index (χ1v) is 11.8. The summed E-state index contributed by atoms with van der Waals surface area (Å²) < 4.78 is 6.18. The van der Waals surface area contributed by atoms with Gasteiger partial charge in [-0.25, -0.2) is 4.79 Å². The minimum Gasteiger partial charge on any atom is -0.465 e. The van der Waals surface area contributed by atoms with Crippen LogP contribution in [0.15, 0.2) is 42.7 Å². The first-order valence-electron chi connectivity index (χ1n) is 11.8. The number of hydrogen-bond donors (Lipinski definition) is 4. The molecule has 3 rings (SSSR count). The molecular formula is C25H35N5O5. The maximum atomic E-state index is 12.8. The highest BCUT2D eigenvalue weighted by Crippen LogP contribution is 2.39. The lowest BCUT2D eigenvalue weighted by atomic mass is 10.0. The minimum atomic E-state index is -1.25. The molecule has 0 bridgehead atoms. The highest BCUT2D eigenvalue weighted by molar-refractivity contribution is 5.95. The van der Waals surface area contributed by atoms with E-state index < -0.39 is 18.2 Å². The zero-order valence-corrected chi connectivity index (χ0v) is 20.6. The van der Waals surface area contributed by atoms with Gasteiger partial charge in [-0.3, -0.25) is 14.7 Å². The molecule has 1 aliphatic rings. The van der Waals surface area contributed by atoms with Gasteiger partial charge in [0.15, 0.2) is 0 Å². The van der Waals surface area contributed by atoms with Gasteiger partial charge in [-0.15, -0.1) is 0 Å². The molecule has 3 atom stereocenters. The van der Waals surface area contributed by atoms with Crippen molar-refractivity contribution in [3.8, 4) is 5.75 Å². The van der Waals surface area contributed by atoms with Crippen LogP contribution >= 0.6 is 0 Å². The third kappa shape index (κ3) is 6.83. The van der Waals surface area contributed by atoms with Crippen LogP contribution in [-0.4, -0.2) is 77.3 Å². The maximum Gasteiger partial charge on any atom is 0.404 e. The van der Waals surface area contributed by atoms with Gasteiger partial charge in [-0.05, 0) is 49.2 Å². The summed E-state index contributed by atoms with van der Waals surface area (Å²) in [4.78, 5) is 32.3. The first-order chi connectivity index (χ1) is 16.7. The lowest BCUT2D eigenvalue weighted by molar-refractivity contribution is 0.0617. The second-order valence-electron chi connectivity index (χ2n) is 9.14. The van der Waals surface area contributed by atoms with Crippen molar-refractivity contribution in [2.75, 3.05) is 31.6 Å². The highest BCUT2D eigenvalue weighted by Gasteiger charge is 2.34. The van der Waals surface area contributed by atoms with Crippen molar-refractivity contribution in [1.29, 1.82) is 0 Å². The number of rotatable bonds is 11. The predicted molar refractivity (Wildman–Crippen MR) is 133 cm³/mol. The lowest BCUT2D eigenvalue weighted by Gasteiger charge is -2.32. The molecule has 0 fully saturated rings. The molecule has 1 unspecified atom stereocenters. The van der Waals surface area contributed by atoms with Gasteiger partial charge in [-0.1, -0.05) is 26.8 Å². The van der Waals surface area contributed by atoms with E-state index >= 15 is 0 Å². The van der Waals surface area contributed by atoms with Crippen LogP contribution in [0.25, 0.3) is 0 Å². The molecule has 35 heavy (non-hydrogen) atoms. The standard InChI is InChI=1S/C25H35N5O5/c1-5-29(4)25-30(15-16(2)3)20-9-8-18(12-22(20)35-25)23(32)27-14-21(31)19(28-24(33)34)11-17-7-6-10-26-13-17/h6-10,12-13,16,19,21,25,28,31H,5,11,14-15H2,1-4H3,(H,27,32)(H,33,34)/t19-,21-,25?/m0/s1. The van der Waals surface area contributed by atoms with E-state index in [4.69, 9.17) is 9.84 Å². The lowest BCUT2D eigenvalue weighted by Crippen LogP contribution is -2.49. The van der Waals surface area contributed by atoms with E-state index in [1.807, 2.05) is 13.1 Å². The number of carbonyl (C=O) groups is 2. The summed E-state index contributed by atoms with van der Waals surface area (Å²) >= 11 is 0. The van der Waals surface area contributed by atoms with Gasteiger partial charge in [0.2, 0.25) is 6.35 Å². The Kier molecular flexibility index (Phi) is 8.89. The third-order valence-corrected chi connectivity index (χ3v) is 5.89. The third-order valence-electron chi connectivity index (χ3n) is 5.89. The molecule has 0 saturated carbocycles. The van der Waals surface area contributed by atoms with Crippen molar-refractivity contribution >= 4 is 17.7 Å². The van der Waals surface area contributed by atoms with Crippen molar-refractivity contribution < 1.29 is 24.5 Å². The topological polar surface area (TPSA) is 127 Å². The Morgan fingerprint density at radius 2 is 2.06 bits per heavy atom. The van der Waals surface area contributed by atoms with Crippen LogP contribution in [0, 0.1) is 5.92 Å². The Morgan fingerprint density at radius 3 is 2.69 bits per heavy atom. The summed E-state index contributed by atoms with van der Waals surface area (Å²) in [6, 6.07) is 8.04. The number of pyridine rings is 1. The molecule has 2 heterocycles. The predicted octanol–water partition coefficient (Wildman–Crippen LogP) is 2.14. The van der Waals surface area contributed by atoms with Crippen molar-refractivity contribution in [2.24, 2.45) is 5.92 Å². The average molecular weight is 486 g/mol. The van der Waals surface area contributed by atoms with Crippen LogP contribution in [-0.2, 0) is 6.42 Å². The number of fused-ring (bicyclic) bond motifs is 1. The smallest absolute Gasteiger partial charge is 0.404 e. The van der Waals surface area contributed by atoms with Gasteiger partial charge in [-0.2, -0.15) is 0 Å². The number of nitrogens with one attached hydrogen (secondary N) is 2. The number of anilines is 1. The van der Waals surface area contributed by atoms with Crippen molar-refractivity contribution in [1.82, 2.24) is 20.5 Å². The first kappa shape index (κ1) is 26.2. The largest absolute Gasteiger partial charge is 0.465 e. The zero-order chi connectivity index (χ0) is 25.5. The Hall–Kier alpha value is -3.37. The van der Waals surface area contributed by atoms with E-state index in [0.717, 1.165) is 24.3 Å². The summed E-state index contributed by atoms with van der Waals surface area (Å²) in [5.41, 5.74) is 2.10. The van der Waals surface area contributed by atoms with Gasteiger partial charge >= 0.3 is 6.09 Å². The molecule has 2 aromatic rings. The van der Waals surface area contributed by atoms with E-state index in [-0.39, 0.29) is 25.2 Å². The van der Waals surface area contributed by atoms with Gasteiger partial charge in [0.25, 0.3) is 5.91 Å². The quantitative estimate of drug-likeness (QED) is 0.381. The molecule has 2 amide bonds. The SMILES string of the molecule is CCN(C)C1Oc2cc(C(=O)NC[C@H](O)[C@H](Cc3cccnc3)NC(=O)O)ccc2N1CC(C)C. The summed E-state index contributed by atoms with van der Waals surface area (Å²) in [5, 5.41) is 24.8. The van der Waals surface area contributed by atoms with Crippen molar-refractivity contribution in [3.05, 3.63) is 53.9 Å². The molecule has 1 aliphatic heterocycles. The number of aliphatic hydroxyl groups is 1. The summed E-state index contributed by atoms with van der Waals surface area (Å²) in [6.45, 7) is 7.86. The monoisotopic (exact) mass is 485 g/mol. The average Bonchev–Trinajstić information content (AvgIpc) is 3.18. The summed E-state index contributed by atoms with van der Waals surface area (Å²) in [7, 11) is 1.99. The molecule has 0 radical (unpaired) electrons. The fourth-order valence-corrected chi connectivity index (χ4v) is 4.01. The Labute approximate surface area is 205 Å². The molecular weight excluding hydrogens is 450 g/mol. The Morgan fingerprint density at radius 1 is 1.29 bits per heavy atom. The number of hydrogen-bond acceptors (Lipinski definition) is 7. The highest BCUT2D eigenvalue weighted by atomic mass is 16.5. The molecule has 1 aromatic carbocycles. The molecule has 0 spiro atoms. The molecule has 10 heteroatoms.